The molecule has 1 aliphatic rings. The van der Waals surface area contributed by atoms with E-state index in [1.54, 1.807) is 24.3 Å². The zero-order valence-corrected chi connectivity index (χ0v) is 17.7. The fraction of sp³-hybridized carbons (Fsp3) is 0.120. The van der Waals surface area contributed by atoms with Crippen molar-refractivity contribution in [3.05, 3.63) is 99.7 Å². The van der Waals surface area contributed by atoms with Crippen LogP contribution in [0.3, 0.4) is 0 Å². The van der Waals surface area contributed by atoms with Gasteiger partial charge in [-0.25, -0.2) is 4.90 Å². The lowest BCUT2D eigenvalue weighted by atomic mass is 10.0. The Morgan fingerprint density at radius 1 is 0.800 bits per heavy atom. The van der Waals surface area contributed by atoms with Crippen LogP contribution < -0.4 is 10.2 Å². The van der Waals surface area contributed by atoms with Gasteiger partial charge in [-0.15, -0.1) is 0 Å². The number of carbonyl (C=O) groups excluding carboxylic acids is 2. The Balaban J connectivity index is 1.86. The van der Waals surface area contributed by atoms with Crippen LogP contribution in [0.4, 0.5) is 11.4 Å². The summed E-state index contributed by atoms with van der Waals surface area (Å²) in [4.78, 5) is 28.2. The number of imide groups is 1. The second-order valence-electron chi connectivity index (χ2n) is 7.43. The van der Waals surface area contributed by atoms with Gasteiger partial charge in [0.05, 0.1) is 11.3 Å². The molecular formula is C25H21ClN2O2. The number of hydrogen-bond donors (Lipinski definition) is 1. The van der Waals surface area contributed by atoms with E-state index in [0.29, 0.717) is 21.8 Å². The molecule has 1 N–H and O–H groups in total. The topological polar surface area (TPSA) is 49.4 Å². The molecule has 3 aromatic rings. The average molecular weight is 417 g/mol. The molecule has 2 amide bonds. The zero-order chi connectivity index (χ0) is 21.4. The number of rotatable bonds is 4. The quantitative estimate of drug-likeness (QED) is 0.558. The molecule has 0 atom stereocenters. The van der Waals surface area contributed by atoms with Crippen LogP contribution in [0, 0.1) is 20.8 Å². The Bertz CT molecular complexity index is 1200. The fourth-order valence-electron chi connectivity index (χ4n) is 3.65. The van der Waals surface area contributed by atoms with Crippen molar-refractivity contribution in [3.63, 3.8) is 0 Å². The van der Waals surface area contributed by atoms with Crippen LogP contribution in [0.15, 0.2) is 72.4 Å². The number of benzene rings is 3. The summed E-state index contributed by atoms with van der Waals surface area (Å²) in [5.41, 5.74) is 5.51. The van der Waals surface area contributed by atoms with Crippen molar-refractivity contribution in [2.45, 2.75) is 20.8 Å². The first-order valence-electron chi connectivity index (χ1n) is 9.65. The molecular weight excluding hydrogens is 396 g/mol. The lowest BCUT2D eigenvalue weighted by Crippen LogP contribution is -2.33. The number of carbonyl (C=O) groups is 2. The molecule has 0 radical (unpaired) electrons. The highest BCUT2D eigenvalue weighted by Crippen LogP contribution is 2.36. The van der Waals surface area contributed by atoms with E-state index in [1.165, 1.54) is 4.90 Å². The van der Waals surface area contributed by atoms with E-state index in [2.05, 4.69) is 5.32 Å². The van der Waals surface area contributed by atoms with Crippen molar-refractivity contribution in [2.75, 3.05) is 10.2 Å². The molecule has 4 rings (SSSR count). The number of para-hydroxylation sites is 1. The molecule has 1 heterocycles. The molecule has 30 heavy (non-hydrogen) atoms. The maximum atomic E-state index is 13.5. The van der Waals surface area contributed by atoms with Crippen LogP contribution >= 0.6 is 11.6 Å². The Labute approximate surface area is 180 Å². The molecule has 0 saturated carbocycles. The molecule has 0 unspecified atom stereocenters. The van der Waals surface area contributed by atoms with Crippen LogP contribution in [0.1, 0.15) is 22.3 Å². The summed E-state index contributed by atoms with van der Waals surface area (Å²) in [5, 5.41) is 3.78. The first-order valence-corrected chi connectivity index (χ1v) is 10.0. The number of amides is 2. The van der Waals surface area contributed by atoms with Gasteiger partial charge in [0, 0.05) is 10.7 Å². The van der Waals surface area contributed by atoms with Gasteiger partial charge in [0.25, 0.3) is 11.8 Å². The van der Waals surface area contributed by atoms with Gasteiger partial charge in [-0.05, 0) is 61.7 Å². The molecule has 0 saturated heterocycles. The van der Waals surface area contributed by atoms with Crippen molar-refractivity contribution in [3.8, 4) is 0 Å². The molecule has 5 heteroatoms. The van der Waals surface area contributed by atoms with E-state index in [4.69, 9.17) is 11.6 Å². The molecule has 1 aliphatic heterocycles. The third-order valence-corrected chi connectivity index (χ3v) is 5.47. The number of anilines is 2. The lowest BCUT2D eigenvalue weighted by molar-refractivity contribution is -0.120. The van der Waals surface area contributed by atoms with Crippen molar-refractivity contribution in [1.82, 2.24) is 0 Å². The number of hydrogen-bond acceptors (Lipinski definition) is 3. The summed E-state index contributed by atoms with van der Waals surface area (Å²) in [6.07, 6.45) is 0. The highest BCUT2D eigenvalue weighted by atomic mass is 35.5. The van der Waals surface area contributed by atoms with Crippen molar-refractivity contribution < 1.29 is 9.59 Å². The van der Waals surface area contributed by atoms with E-state index >= 15 is 0 Å². The lowest BCUT2D eigenvalue weighted by Gasteiger charge is -2.18. The molecule has 0 bridgehead atoms. The number of halogens is 1. The summed E-state index contributed by atoms with van der Waals surface area (Å²) >= 11 is 6.04. The Kier molecular flexibility index (Phi) is 5.18. The summed E-state index contributed by atoms with van der Waals surface area (Å²) in [6, 6.07) is 20.3. The van der Waals surface area contributed by atoms with Gasteiger partial charge in [0.1, 0.15) is 5.70 Å². The normalized spacial score (nSPS) is 13.9. The van der Waals surface area contributed by atoms with Crippen LogP contribution in [0.5, 0.6) is 0 Å². The van der Waals surface area contributed by atoms with E-state index < -0.39 is 0 Å². The maximum absolute atomic E-state index is 13.5. The Hall–Kier alpha value is -3.37. The molecule has 0 aromatic heterocycles. The Morgan fingerprint density at radius 3 is 2.17 bits per heavy atom. The molecule has 0 spiro atoms. The largest absolute Gasteiger partial charge is 0.350 e. The average Bonchev–Trinajstić information content (AvgIpc) is 2.95. The summed E-state index contributed by atoms with van der Waals surface area (Å²) in [7, 11) is 0. The first-order chi connectivity index (χ1) is 14.4. The van der Waals surface area contributed by atoms with Gasteiger partial charge < -0.3 is 5.32 Å². The minimum atomic E-state index is -0.375. The molecule has 4 nitrogen and oxygen atoms in total. The van der Waals surface area contributed by atoms with Crippen LogP contribution in [0.2, 0.25) is 5.02 Å². The molecule has 0 aliphatic carbocycles. The standard InChI is InChI=1S/C25H21ClN2O2/c1-15-8-13-21(17(3)14-15)28-24(29)22(18-9-11-19(26)12-10-18)23(25(28)30)27-20-7-5-4-6-16(20)2/h4-14,27H,1-3H3. The van der Waals surface area contributed by atoms with Crippen molar-refractivity contribution in [2.24, 2.45) is 0 Å². The highest BCUT2D eigenvalue weighted by Gasteiger charge is 2.40. The number of aryl methyl sites for hydroxylation is 3. The molecule has 3 aromatic carbocycles. The highest BCUT2D eigenvalue weighted by molar-refractivity contribution is 6.46. The van der Waals surface area contributed by atoms with Crippen molar-refractivity contribution >= 4 is 40.4 Å². The fourth-order valence-corrected chi connectivity index (χ4v) is 3.78. The van der Waals surface area contributed by atoms with Gasteiger partial charge in [0.2, 0.25) is 0 Å². The number of nitrogens with zero attached hydrogens (tertiary/aromatic N) is 1. The van der Waals surface area contributed by atoms with E-state index in [9.17, 15) is 9.59 Å². The smallest absolute Gasteiger partial charge is 0.282 e. The maximum Gasteiger partial charge on any atom is 0.282 e. The third-order valence-electron chi connectivity index (χ3n) is 5.21. The van der Waals surface area contributed by atoms with Gasteiger partial charge in [-0.1, -0.05) is 59.6 Å². The first kappa shape index (κ1) is 19.9. The number of nitrogens with one attached hydrogen (secondary N) is 1. The van der Waals surface area contributed by atoms with E-state index in [0.717, 1.165) is 22.4 Å². The minimum absolute atomic E-state index is 0.261. The zero-order valence-electron chi connectivity index (χ0n) is 17.0. The predicted molar refractivity (Wildman–Crippen MR) is 122 cm³/mol. The van der Waals surface area contributed by atoms with Crippen LogP contribution in [-0.2, 0) is 9.59 Å². The predicted octanol–water partition coefficient (Wildman–Crippen LogP) is 5.66. The SMILES string of the molecule is Cc1ccc(N2C(=O)C(Nc3ccccc3C)=C(c3ccc(Cl)cc3)C2=O)c(C)c1. The van der Waals surface area contributed by atoms with E-state index in [-0.39, 0.29) is 17.5 Å². The van der Waals surface area contributed by atoms with Gasteiger partial charge in [-0.2, -0.15) is 0 Å². The third kappa shape index (κ3) is 3.51. The minimum Gasteiger partial charge on any atom is -0.350 e. The summed E-state index contributed by atoms with van der Waals surface area (Å²) in [5.74, 6) is -0.731. The second kappa shape index (κ2) is 7.81. The summed E-state index contributed by atoms with van der Waals surface area (Å²) < 4.78 is 0. The van der Waals surface area contributed by atoms with Gasteiger partial charge in [0.15, 0.2) is 0 Å². The summed E-state index contributed by atoms with van der Waals surface area (Å²) in [6.45, 7) is 5.83. The second-order valence-corrected chi connectivity index (χ2v) is 7.87. The van der Waals surface area contributed by atoms with Crippen molar-refractivity contribution in [1.29, 1.82) is 0 Å². The monoisotopic (exact) mass is 416 g/mol. The van der Waals surface area contributed by atoms with Crippen LogP contribution in [0.25, 0.3) is 5.57 Å². The molecule has 0 fully saturated rings. The van der Waals surface area contributed by atoms with Crippen LogP contribution in [-0.4, -0.2) is 11.8 Å². The Morgan fingerprint density at radius 2 is 1.50 bits per heavy atom. The molecule has 150 valence electrons. The van der Waals surface area contributed by atoms with Gasteiger partial charge >= 0.3 is 0 Å². The van der Waals surface area contributed by atoms with Gasteiger partial charge in [-0.3, -0.25) is 9.59 Å². The van der Waals surface area contributed by atoms with E-state index in [1.807, 2.05) is 63.2 Å².